The van der Waals surface area contributed by atoms with E-state index in [1.807, 2.05) is 18.7 Å². The molecular formula is C18H25ClFN3O2. The summed E-state index contributed by atoms with van der Waals surface area (Å²) in [6.07, 6.45) is 3.08. The second-order valence-electron chi connectivity index (χ2n) is 6.31. The van der Waals surface area contributed by atoms with Crippen molar-refractivity contribution in [3.63, 3.8) is 0 Å². The number of carbonyl (C=O) groups excluding carboxylic acids is 2. The summed E-state index contributed by atoms with van der Waals surface area (Å²) in [5, 5.41) is 5.28. The van der Waals surface area contributed by atoms with E-state index in [0.29, 0.717) is 25.9 Å². The summed E-state index contributed by atoms with van der Waals surface area (Å²) in [5.74, 6) is -0.364. The van der Waals surface area contributed by atoms with Crippen molar-refractivity contribution in [1.82, 2.24) is 10.2 Å². The van der Waals surface area contributed by atoms with Gasteiger partial charge in [0.1, 0.15) is 0 Å². The highest BCUT2D eigenvalue weighted by Crippen LogP contribution is 2.22. The van der Waals surface area contributed by atoms with Gasteiger partial charge in [0.15, 0.2) is 5.82 Å². The van der Waals surface area contributed by atoms with E-state index in [-0.39, 0.29) is 28.6 Å². The molecule has 0 bridgehead atoms. The maximum absolute atomic E-state index is 13.8. The van der Waals surface area contributed by atoms with Crippen LogP contribution >= 0.6 is 11.6 Å². The highest BCUT2D eigenvalue weighted by atomic mass is 35.5. The Hall–Kier alpha value is -1.82. The summed E-state index contributed by atoms with van der Waals surface area (Å²) in [6.45, 7) is 5.32. The number of hydrogen-bond donors (Lipinski definition) is 2. The van der Waals surface area contributed by atoms with Gasteiger partial charge in [0.25, 0.3) is 0 Å². The van der Waals surface area contributed by atoms with Crippen molar-refractivity contribution >= 4 is 29.2 Å². The van der Waals surface area contributed by atoms with Crippen molar-refractivity contribution in [2.24, 2.45) is 5.92 Å². The van der Waals surface area contributed by atoms with Gasteiger partial charge in [-0.1, -0.05) is 31.5 Å². The van der Waals surface area contributed by atoms with E-state index in [4.69, 9.17) is 11.6 Å². The summed E-state index contributed by atoms with van der Waals surface area (Å²) in [7, 11) is 0. The van der Waals surface area contributed by atoms with Crippen LogP contribution in [0.5, 0.6) is 0 Å². The summed E-state index contributed by atoms with van der Waals surface area (Å²) < 4.78 is 13.8. The number of rotatable bonds is 5. The van der Waals surface area contributed by atoms with Crippen LogP contribution in [-0.4, -0.2) is 36.0 Å². The zero-order valence-electron chi connectivity index (χ0n) is 14.6. The number of nitrogens with one attached hydrogen (secondary N) is 2. The van der Waals surface area contributed by atoms with Gasteiger partial charge < -0.3 is 15.5 Å². The van der Waals surface area contributed by atoms with Crippen molar-refractivity contribution in [1.29, 1.82) is 0 Å². The number of benzene rings is 1. The zero-order chi connectivity index (χ0) is 18.4. The monoisotopic (exact) mass is 369 g/mol. The number of halogens is 2. The topological polar surface area (TPSA) is 61.4 Å². The summed E-state index contributed by atoms with van der Waals surface area (Å²) >= 11 is 5.70. The lowest BCUT2D eigenvalue weighted by Gasteiger charge is -2.34. The van der Waals surface area contributed by atoms with E-state index in [1.165, 1.54) is 12.1 Å². The van der Waals surface area contributed by atoms with Gasteiger partial charge in [-0.2, -0.15) is 0 Å². The normalized spacial score (nSPS) is 15.3. The molecule has 138 valence electrons. The third-order valence-corrected chi connectivity index (χ3v) is 4.97. The van der Waals surface area contributed by atoms with Crippen molar-refractivity contribution in [3.05, 3.63) is 29.0 Å². The number of likely N-dealkylation sites (tertiary alicyclic amines) is 1. The van der Waals surface area contributed by atoms with Gasteiger partial charge in [-0.05, 0) is 37.8 Å². The SMILES string of the molecule is CCC(CC)C(=O)N1CCC(NC(=O)Nc2cccc(Cl)c2F)CC1. The second kappa shape index (κ2) is 9.04. The van der Waals surface area contributed by atoms with Crippen LogP contribution < -0.4 is 10.6 Å². The molecule has 0 aromatic heterocycles. The highest BCUT2D eigenvalue weighted by molar-refractivity contribution is 6.31. The van der Waals surface area contributed by atoms with Crippen molar-refractivity contribution in [2.45, 2.75) is 45.6 Å². The predicted molar refractivity (Wildman–Crippen MR) is 97.2 cm³/mol. The molecule has 1 aliphatic rings. The molecule has 25 heavy (non-hydrogen) atoms. The van der Waals surface area contributed by atoms with Crippen molar-refractivity contribution < 1.29 is 14.0 Å². The van der Waals surface area contributed by atoms with Crippen LogP contribution in [0.25, 0.3) is 0 Å². The minimum atomic E-state index is -0.648. The number of nitrogens with zero attached hydrogens (tertiary/aromatic N) is 1. The first-order chi connectivity index (χ1) is 12.0. The fraction of sp³-hybridized carbons (Fsp3) is 0.556. The smallest absolute Gasteiger partial charge is 0.319 e. The van der Waals surface area contributed by atoms with E-state index in [0.717, 1.165) is 12.8 Å². The molecule has 1 aromatic carbocycles. The van der Waals surface area contributed by atoms with Gasteiger partial charge in [0, 0.05) is 25.0 Å². The Morgan fingerprint density at radius 1 is 1.28 bits per heavy atom. The average molecular weight is 370 g/mol. The number of urea groups is 1. The minimum Gasteiger partial charge on any atom is -0.342 e. The molecule has 7 heteroatoms. The standard InChI is InChI=1S/C18H25ClFN3O2/c1-3-12(4-2)17(24)23-10-8-13(9-11-23)21-18(25)22-15-7-5-6-14(19)16(15)20/h5-7,12-13H,3-4,8-11H2,1-2H3,(H2,21,22,25). The second-order valence-corrected chi connectivity index (χ2v) is 6.72. The first kappa shape index (κ1) is 19.5. The Morgan fingerprint density at radius 3 is 2.52 bits per heavy atom. The molecule has 0 radical (unpaired) electrons. The number of anilines is 1. The van der Waals surface area contributed by atoms with Crippen LogP contribution in [0.2, 0.25) is 5.02 Å². The summed E-state index contributed by atoms with van der Waals surface area (Å²) in [5.41, 5.74) is 0.0475. The molecule has 2 rings (SSSR count). The van der Waals surface area contributed by atoms with Crippen molar-refractivity contribution in [3.8, 4) is 0 Å². The number of piperidine rings is 1. The molecule has 2 N–H and O–H groups in total. The zero-order valence-corrected chi connectivity index (χ0v) is 15.4. The molecule has 3 amide bonds. The molecule has 1 heterocycles. The van der Waals surface area contributed by atoms with Crippen LogP contribution in [0, 0.1) is 11.7 Å². The number of amides is 3. The van der Waals surface area contributed by atoms with E-state index < -0.39 is 11.8 Å². The predicted octanol–water partition coefficient (Wildman–Crippen LogP) is 4.03. The van der Waals surface area contributed by atoms with Crippen LogP contribution in [-0.2, 0) is 4.79 Å². The van der Waals surface area contributed by atoms with Crippen LogP contribution in [0.1, 0.15) is 39.5 Å². The summed E-state index contributed by atoms with van der Waals surface area (Å²) in [4.78, 5) is 26.3. The largest absolute Gasteiger partial charge is 0.342 e. The van der Waals surface area contributed by atoms with E-state index in [1.54, 1.807) is 6.07 Å². The van der Waals surface area contributed by atoms with Gasteiger partial charge >= 0.3 is 6.03 Å². The number of carbonyl (C=O) groups is 2. The Balaban J connectivity index is 1.82. The van der Waals surface area contributed by atoms with Gasteiger partial charge in [0.2, 0.25) is 5.91 Å². The van der Waals surface area contributed by atoms with Gasteiger partial charge in [-0.15, -0.1) is 0 Å². The van der Waals surface area contributed by atoms with Gasteiger partial charge in [-0.25, -0.2) is 9.18 Å². The Labute approximate surface area is 152 Å². The first-order valence-electron chi connectivity index (χ1n) is 8.76. The molecule has 0 aliphatic carbocycles. The maximum Gasteiger partial charge on any atom is 0.319 e. The molecule has 0 unspecified atom stereocenters. The fourth-order valence-corrected chi connectivity index (χ4v) is 3.26. The quantitative estimate of drug-likeness (QED) is 0.823. The van der Waals surface area contributed by atoms with Gasteiger partial charge in [-0.3, -0.25) is 4.79 Å². The van der Waals surface area contributed by atoms with E-state index >= 15 is 0 Å². The van der Waals surface area contributed by atoms with Gasteiger partial charge in [0.05, 0.1) is 10.7 Å². The van der Waals surface area contributed by atoms with Crippen LogP contribution in [0.15, 0.2) is 18.2 Å². The molecule has 1 aliphatic heterocycles. The average Bonchev–Trinajstić information content (AvgIpc) is 2.60. The molecule has 0 atom stereocenters. The maximum atomic E-state index is 13.8. The molecular weight excluding hydrogens is 345 g/mol. The van der Waals surface area contributed by atoms with Crippen LogP contribution in [0.4, 0.5) is 14.9 Å². The summed E-state index contributed by atoms with van der Waals surface area (Å²) in [6, 6.07) is 3.95. The lowest BCUT2D eigenvalue weighted by Crippen LogP contribution is -2.48. The van der Waals surface area contributed by atoms with Crippen LogP contribution in [0.3, 0.4) is 0 Å². The Bertz CT molecular complexity index is 614. The first-order valence-corrected chi connectivity index (χ1v) is 9.14. The Morgan fingerprint density at radius 2 is 1.92 bits per heavy atom. The number of hydrogen-bond acceptors (Lipinski definition) is 2. The molecule has 1 fully saturated rings. The van der Waals surface area contributed by atoms with E-state index in [2.05, 4.69) is 10.6 Å². The lowest BCUT2D eigenvalue weighted by molar-refractivity contribution is -0.136. The molecule has 1 aromatic rings. The molecule has 0 saturated carbocycles. The molecule has 1 saturated heterocycles. The fourth-order valence-electron chi connectivity index (χ4n) is 3.08. The molecule has 0 spiro atoms. The highest BCUT2D eigenvalue weighted by Gasteiger charge is 2.27. The lowest BCUT2D eigenvalue weighted by atomic mass is 9.98. The Kier molecular flexibility index (Phi) is 7.05. The van der Waals surface area contributed by atoms with Crippen molar-refractivity contribution in [2.75, 3.05) is 18.4 Å². The van der Waals surface area contributed by atoms with E-state index in [9.17, 15) is 14.0 Å². The molecule has 5 nitrogen and oxygen atoms in total. The minimum absolute atomic E-state index is 0.0343. The third kappa shape index (κ3) is 5.08. The third-order valence-electron chi connectivity index (χ3n) is 4.68.